The van der Waals surface area contributed by atoms with Crippen molar-refractivity contribution in [1.29, 1.82) is 0 Å². The van der Waals surface area contributed by atoms with E-state index in [2.05, 4.69) is 116 Å². The zero-order chi connectivity index (χ0) is 44.1. The number of hydrogen-bond acceptors (Lipinski definition) is 8. The van der Waals surface area contributed by atoms with Gasteiger partial charge in [0.1, 0.15) is 5.67 Å². The van der Waals surface area contributed by atoms with Crippen LogP contribution in [0.1, 0.15) is 188 Å². The van der Waals surface area contributed by atoms with Gasteiger partial charge >= 0.3 is 0 Å². The number of likely N-dealkylation sites (tertiary alicyclic amines) is 8. The van der Waals surface area contributed by atoms with Crippen LogP contribution in [-0.4, -0.2) is 206 Å². The monoisotopic (exact) mass is 935 g/mol. The van der Waals surface area contributed by atoms with E-state index in [0.717, 1.165) is 24.9 Å². The van der Waals surface area contributed by atoms with E-state index in [1.165, 1.54) is 188 Å². The first-order valence-corrected chi connectivity index (χ1v) is 25.0. The van der Waals surface area contributed by atoms with Gasteiger partial charge in [-0.1, -0.05) is 85.1 Å². The first-order valence-electron chi connectivity index (χ1n) is 25.0. The third-order valence-corrected chi connectivity index (χ3v) is 14.0. The molecule has 8 rings (SSSR count). The number of alkyl halides is 1. The lowest BCUT2D eigenvalue weighted by Crippen LogP contribution is -2.37. The van der Waals surface area contributed by atoms with Crippen molar-refractivity contribution in [3.8, 4) is 0 Å². The minimum absolute atomic E-state index is 0. The maximum Gasteiger partial charge on any atom is 0.110 e. The molecule has 0 spiro atoms. The van der Waals surface area contributed by atoms with E-state index in [9.17, 15) is 4.39 Å². The summed E-state index contributed by atoms with van der Waals surface area (Å²) in [4.78, 5) is 18.8. The number of hydrogen-bond donors (Lipinski definition) is 0. The van der Waals surface area contributed by atoms with Gasteiger partial charge in [-0.2, -0.15) is 0 Å². The van der Waals surface area contributed by atoms with Gasteiger partial charge in [-0.25, -0.2) is 4.39 Å². The Kier molecular flexibility index (Phi) is 52.4. The molecule has 65 heavy (non-hydrogen) atoms. The third kappa shape index (κ3) is 45.8. The van der Waals surface area contributed by atoms with Crippen molar-refractivity contribution >= 4 is 0 Å². The van der Waals surface area contributed by atoms with Crippen LogP contribution in [0, 0.1) is 17.3 Å². The molecule has 9 heteroatoms. The predicted octanol–water partition coefficient (Wildman–Crippen LogP) is 12.9. The van der Waals surface area contributed by atoms with Gasteiger partial charge in [-0.05, 0) is 268 Å². The first-order chi connectivity index (χ1) is 27.9. The molecular weight excluding hydrogens is 804 g/mol. The summed E-state index contributed by atoms with van der Waals surface area (Å²) in [7, 11) is 17.3. The van der Waals surface area contributed by atoms with Gasteiger partial charge in [-0.3, -0.25) is 0 Å². The summed E-state index contributed by atoms with van der Waals surface area (Å²) < 4.78 is 13.0. The largest absolute Gasteiger partial charge is 0.306 e. The van der Waals surface area contributed by atoms with E-state index in [1.807, 2.05) is 7.05 Å². The van der Waals surface area contributed by atoms with Gasteiger partial charge in [0.15, 0.2) is 0 Å². The molecule has 0 aliphatic carbocycles. The van der Waals surface area contributed by atoms with Crippen molar-refractivity contribution < 1.29 is 4.39 Å². The zero-order valence-corrected chi connectivity index (χ0v) is 42.4. The predicted molar refractivity (Wildman–Crippen MR) is 300 cm³/mol. The van der Waals surface area contributed by atoms with Crippen LogP contribution in [0.4, 0.5) is 4.39 Å². The van der Waals surface area contributed by atoms with E-state index in [-0.39, 0.29) is 44.6 Å². The van der Waals surface area contributed by atoms with Gasteiger partial charge < -0.3 is 39.2 Å². The van der Waals surface area contributed by atoms with Gasteiger partial charge in [0.2, 0.25) is 0 Å². The van der Waals surface area contributed by atoms with E-state index in [4.69, 9.17) is 0 Å². The molecule has 0 atom stereocenters. The topological polar surface area (TPSA) is 25.9 Å². The van der Waals surface area contributed by atoms with Crippen LogP contribution in [-0.2, 0) is 0 Å². The van der Waals surface area contributed by atoms with Gasteiger partial charge in [0.25, 0.3) is 0 Å². The molecule has 8 nitrogen and oxygen atoms in total. The Balaban J connectivity index is -0.000000152. The molecule has 8 heterocycles. The van der Waals surface area contributed by atoms with E-state index in [0.29, 0.717) is 18.3 Å². The summed E-state index contributed by atoms with van der Waals surface area (Å²) in [5.74, 6) is 1.96. The zero-order valence-electron chi connectivity index (χ0n) is 42.4. The van der Waals surface area contributed by atoms with Crippen molar-refractivity contribution in [1.82, 2.24) is 39.2 Å². The molecular formula is C56H131FN8. The Morgan fingerprint density at radius 3 is 0.646 bits per heavy atom. The SMILES string of the molecule is C.C.C.C.C.C.CC1CCN(C)CC1.CC1CCN(C)CC1.CN1CCC(C)(C)CC1.CN1CCC(C)(F)CC1.CN1CCC1.CN1CCCC1.CN1CCCCC1.CN1CCCCC1. The summed E-state index contributed by atoms with van der Waals surface area (Å²) in [5, 5.41) is 0. The normalized spacial score (nSPS) is 24.1. The average Bonchev–Trinajstić information content (AvgIpc) is 3.69. The molecule has 0 radical (unpaired) electrons. The van der Waals surface area contributed by atoms with E-state index in [1.54, 1.807) is 6.92 Å². The fourth-order valence-electron chi connectivity index (χ4n) is 8.04. The Hall–Kier alpha value is -0.390. The van der Waals surface area contributed by atoms with Crippen LogP contribution in [0.15, 0.2) is 0 Å². The summed E-state index contributed by atoms with van der Waals surface area (Å²) in [5.41, 5.74) is -0.265. The Labute approximate surface area is 414 Å². The average molecular weight is 936 g/mol. The molecule has 0 N–H and O–H groups in total. The lowest BCUT2D eigenvalue weighted by molar-refractivity contribution is 0.0870. The standard InChI is InChI=1S/C8H17N.C7H14FN.2C7H15N.2C6H13N.C5H11N.C4H9N.6CH4/c1-8(2)4-6-9(3)7-5-8;1-7(8)3-5-9(2)6-4-7;2*1-7-3-5-8(2)6-4-7;2*1-7-5-3-2-4-6-7;1-6-4-2-3-5-6;1-5-3-2-4-5;;;;;;/h4-7H2,1-3H3;3-6H2,1-2H3;2*7H,3-6H2,1-2H3;2*2-6H2,1H3;2-5H2,1H3;2-4H2,1H3;6*1H4. The van der Waals surface area contributed by atoms with Crippen LogP contribution < -0.4 is 0 Å². The lowest BCUT2D eigenvalue weighted by Gasteiger charge is -2.34. The summed E-state index contributed by atoms with van der Waals surface area (Å²) in [6.07, 6.45) is 22.5. The molecule has 8 fully saturated rings. The number of piperidine rings is 6. The van der Waals surface area contributed by atoms with Crippen molar-refractivity contribution in [3.63, 3.8) is 0 Å². The van der Waals surface area contributed by atoms with Crippen molar-refractivity contribution in [2.24, 2.45) is 17.3 Å². The minimum atomic E-state index is -0.882. The van der Waals surface area contributed by atoms with Crippen molar-refractivity contribution in [2.45, 2.75) is 194 Å². The number of nitrogens with zero attached hydrogens (tertiary/aromatic N) is 8. The fraction of sp³-hybridized carbons (Fsp3) is 1.00. The van der Waals surface area contributed by atoms with Crippen molar-refractivity contribution in [3.05, 3.63) is 0 Å². The Morgan fingerprint density at radius 2 is 0.492 bits per heavy atom. The highest BCUT2D eigenvalue weighted by Gasteiger charge is 2.27. The molecule has 0 bridgehead atoms. The highest BCUT2D eigenvalue weighted by molar-refractivity contribution is 4.80. The molecule has 0 unspecified atom stereocenters. The molecule has 0 aromatic rings. The van der Waals surface area contributed by atoms with E-state index < -0.39 is 5.67 Å². The smallest absolute Gasteiger partial charge is 0.110 e. The van der Waals surface area contributed by atoms with E-state index >= 15 is 0 Å². The Morgan fingerprint density at radius 1 is 0.292 bits per heavy atom. The van der Waals surface area contributed by atoms with Gasteiger partial charge in [-0.15, -0.1) is 0 Å². The Bertz CT molecular complexity index is 829. The maximum absolute atomic E-state index is 13.0. The van der Waals surface area contributed by atoms with Gasteiger partial charge in [0.05, 0.1) is 0 Å². The van der Waals surface area contributed by atoms with Crippen LogP contribution in [0.25, 0.3) is 0 Å². The molecule has 0 aromatic carbocycles. The quantitative estimate of drug-likeness (QED) is 0.237. The molecule has 8 aliphatic heterocycles. The molecule has 8 saturated heterocycles. The highest BCUT2D eigenvalue weighted by Crippen LogP contribution is 2.28. The summed E-state index contributed by atoms with van der Waals surface area (Å²) in [6, 6.07) is 0. The van der Waals surface area contributed by atoms with Crippen LogP contribution in [0.5, 0.6) is 0 Å². The first kappa shape index (κ1) is 76.1. The van der Waals surface area contributed by atoms with Crippen LogP contribution in [0.2, 0.25) is 0 Å². The van der Waals surface area contributed by atoms with Crippen LogP contribution >= 0.6 is 0 Å². The summed E-state index contributed by atoms with van der Waals surface area (Å²) >= 11 is 0. The molecule has 0 aromatic heterocycles. The molecule has 402 valence electrons. The lowest BCUT2D eigenvalue weighted by atomic mass is 9.83. The maximum atomic E-state index is 13.0. The summed E-state index contributed by atoms with van der Waals surface area (Å²) in [6.45, 7) is 31.3. The molecule has 0 saturated carbocycles. The molecule has 0 amide bonds. The molecule has 8 aliphatic rings. The number of halogens is 1. The van der Waals surface area contributed by atoms with Crippen LogP contribution in [0.3, 0.4) is 0 Å². The number of rotatable bonds is 0. The van der Waals surface area contributed by atoms with Gasteiger partial charge in [0, 0.05) is 13.1 Å². The second kappa shape index (κ2) is 44.8. The third-order valence-electron chi connectivity index (χ3n) is 14.0. The fourth-order valence-corrected chi connectivity index (χ4v) is 8.04. The minimum Gasteiger partial charge on any atom is -0.306 e. The second-order valence-corrected chi connectivity index (χ2v) is 21.6. The highest BCUT2D eigenvalue weighted by atomic mass is 19.1. The van der Waals surface area contributed by atoms with Crippen molar-refractivity contribution in [2.75, 3.05) is 161 Å². The second-order valence-electron chi connectivity index (χ2n) is 21.6.